The summed E-state index contributed by atoms with van der Waals surface area (Å²) in [4.78, 5) is 14.3. The molecule has 24 heavy (non-hydrogen) atoms. The summed E-state index contributed by atoms with van der Waals surface area (Å²) in [6.07, 6.45) is 2.68. The number of rotatable bonds is 6. The second-order valence-corrected chi connectivity index (χ2v) is 8.19. The van der Waals surface area contributed by atoms with Gasteiger partial charge in [-0.05, 0) is 52.0 Å². The maximum Gasteiger partial charge on any atom is 0.282 e. The summed E-state index contributed by atoms with van der Waals surface area (Å²) in [5, 5.41) is 0. The molecule has 1 amide bonds. The number of hydrogen-bond acceptors (Lipinski definition) is 3. The zero-order valence-electron chi connectivity index (χ0n) is 13.7. The highest BCUT2D eigenvalue weighted by Gasteiger charge is 2.17. The molecule has 1 aromatic carbocycles. The second-order valence-electron chi connectivity index (χ2n) is 5.59. The van der Waals surface area contributed by atoms with Crippen LogP contribution in [-0.4, -0.2) is 18.9 Å². The number of carbonyl (C=O) groups excluding carboxylic acids is 1. The maximum atomic E-state index is 12.3. The highest BCUT2D eigenvalue weighted by atomic mass is 79.9. The van der Waals surface area contributed by atoms with Gasteiger partial charge in [0.05, 0.1) is 4.90 Å². The van der Waals surface area contributed by atoms with Crippen LogP contribution in [0, 0.1) is 0 Å². The van der Waals surface area contributed by atoms with Crippen molar-refractivity contribution in [3.05, 3.63) is 52.3 Å². The minimum Gasteiger partial charge on any atom is -0.345 e. The quantitative estimate of drug-likeness (QED) is 0.714. The lowest BCUT2D eigenvalue weighted by Crippen LogP contribution is -2.42. The van der Waals surface area contributed by atoms with Gasteiger partial charge in [0.25, 0.3) is 15.9 Å². The molecule has 1 aromatic heterocycles. The normalized spacial score (nSPS) is 12.8. The van der Waals surface area contributed by atoms with Gasteiger partial charge in [-0.1, -0.05) is 26.0 Å². The number of amides is 1. The third-order valence-electron chi connectivity index (χ3n) is 3.87. The third-order valence-corrected chi connectivity index (χ3v) is 5.57. The molecule has 6 nitrogen and oxygen atoms in total. The first-order chi connectivity index (χ1) is 11.2. The largest absolute Gasteiger partial charge is 0.345 e. The van der Waals surface area contributed by atoms with Gasteiger partial charge in [0.2, 0.25) is 0 Å². The molecule has 2 rings (SSSR count). The summed E-state index contributed by atoms with van der Waals surface area (Å²) in [5.41, 5.74) is 3.63. The SMILES string of the molecule is CC[C@H](C)c1ccc(S(=O)(=O)NNC(=O)c2cc(Br)cn2C)cc1. The molecule has 1 heterocycles. The van der Waals surface area contributed by atoms with E-state index >= 15 is 0 Å². The number of aromatic nitrogens is 1. The van der Waals surface area contributed by atoms with Gasteiger partial charge in [-0.2, -0.15) is 0 Å². The smallest absolute Gasteiger partial charge is 0.282 e. The van der Waals surface area contributed by atoms with Gasteiger partial charge in [-0.25, -0.2) is 8.42 Å². The summed E-state index contributed by atoms with van der Waals surface area (Å²) >= 11 is 3.26. The lowest BCUT2D eigenvalue weighted by Gasteiger charge is -2.11. The number of nitrogens with one attached hydrogen (secondary N) is 2. The van der Waals surface area contributed by atoms with E-state index in [1.807, 2.05) is 0 Å². The average Bonchev–Trinajstić information content (AvgIpc) is 2.90. The van der Waals surface area contributed by atoms with Crippen LogP contribution in [-0.2, 0) is 17.1 Å². The number of sulfonamides is 1. The van der Waals surface area contributed by atoms with Crippen LogP contribution in [0.4, 0.5) is 0 Å². The van der Waals surface area contributed by atoms with Gasteiger partial charge in [0, 0.05) is 17.7 Å². The molecular formula is C16H20BrN3O3S. The van der Waals surface area contributed by atoms with Crippen molar-refractivity contribution in [2.45, 2.75) is 31.1 Å². The number of hydrogen-bond donors (Lipinski definition) is 2. The highest BCUT2D eigenvalue weighted by molar-refractivity contribution is 9.10. The fourth-order valence-corrected chi connectivity index (χ4v) is 3.56. The molecule has 0 spiro atoms. The van der Waals surface area contributed by atoms with Crippen LogP contribution in [0.2, 0.25) is 0 Å². The number of nitrogens with zero attached hydrogens (tertiary/aromatic N) is 1. The van der Waals surface area contributed by atoms with Crippen molar-refractivity contribution in [1.29, 1.82) is 0 Å². The highest BCUT2D eigenvalue weighted by Crippen LogP contribution is 2.20. The van der Waals surface area contributed by atoms with Gasteiger partial charge < -0.3 is 4.57 Å². The van der Waals surface area contributed by atoms with E-state index in [9.17, 15) is 13.2 Å². The number of aryl methyl sites for hydroxylation is 1. The molecular weight excluding hydrogens is 394 g/mol. The Labute approximate surface area is 150 Å². The molecule has 0 unspecified atom stereocenters. The van der Waals surface area contributed by atoms with Gasteiger partial charge in [-0.3, -0.25) is 10.2 Å². The van der Waals surface area contributed by atoms with E-state index in [2.05, 4.69) is 40.0 Å². The Balaban J connectivity index is 2.08. The Morgan fingerprint density at radius 2 is 1.92 bits per heavy atom. The molecule has 2 aromatic rings. The molecule has 0 aliphatic rings. The Bertz CT molecular complexity index is 829. The van der Waals surface area contributed by atoms with Crippen molar-refractivity contribution < 1.29 is 13.2 Å². The number of halogens is 1. The standard InChI is InChI=1S/C16H20BrN3O3S/c1-4-11(2)12-5-7-14(8-6-12)24(22,23)19-18-16(21)15-9-13(17)10-20(15)3/h5-11,19H,4H2,1-3H3,(H,18,21)/t11-/m0/s1. The van der Waals surface area contributed by atoms with E-state index in [1.165, 1.54) is 12.1 Å². The molecule has 130 valence electrons. The molecule has 0 saturated heterocycles. The zero-order valence-corrected chi connectivity index (χ0v) is 16.1. The third kappa shape index (κ3) is 4.25. The molecule has 0 aliphatic carbocycles. The molecule has 0 bridgehead atoms. The van der Waals surface area contributed by atoms with E-state index in [-0.39, 0.29) is 4.90 Å². The van der Waals surface area contributed by atoms with Crippen LogP contribution >= 0.6 is 15.9 Å². The predicted octanol–water partition coefficient (Wildman–Crippen LogP) is 2.92. The van der Waals surface area contributed by atoms with E-state index in [4.69, 9.17) is 0 Å². The van der Waals surface area contributed by atoms with Crippen LogP contribution in [0.25, 0.3) is 0 Å². The van der Waals surface area contributed by atoms with Crippen molar-refractivity contribution in [2.75, 3.05) is 0 Å². The first-order valence-electron chi connectivity index (χ1n) is 7.48. The van der Waals surface area contributed by atoms with Crippen LogP contribution in [0.15, 0.2) is 45.9 Å². The maximum absolute atomic E-state index is 12.3. The average molecular weight is 414 g/mol. The molecule has 2 N–H and O–H groups in total. The molecule has 8 heteroatoms. The minimum atomic E-state index is -3.82. The Morgan fingerprint density at radius 3 is 2.42 bits per heavy atom. The van der Waals surface area contributed by atoms with E-state index in [0.717, 1.165) is 16.5 Å². The Hall–Kier alpha value is -1.64. The van der Waals surface area contributed by atoms with Crippen LogP contribution in [0.3, 0.4) is 0 Å². The molecule has 0 aliphatic heterocycles. The summed E-state index contributed by atoms with van der Waals surface area (Å²) < 4.78 is 26.9. The van der Waals surface area contributed by atoms with Crippen LogP contribution in [0.5, 0.6) is 0 Å². The van der Waals surface area contributed by atoms with E-state index in [0.29, 0.717) is 11.6 Å². The topological polar surface area (TPSA) is 80.2 Å². The summed E-state index contributed by atoms with van der Waals surface area (Å²) in [6.45, 7) is 4.16. The van der Waals surface area contributed by atoms with Gasteiger partial charge in [-0.15, -0.1) is 4.83 Å². The summed E-state index contributed by atoms with van der Waals surface area (Å²) in [7, 11) is -2.13. The lowest BCUT2D eigenvalue weighted by molar-refractivity contribution is 0.0937. The van der Waals surface area contributed by atoms with Gasteiger partial charge in [0.1, 0.15) is 5.69 Å². The lowest BCUT2D eigenvalue weighted by atomic mass is 9.99. The fraction of sp³-hybridized carbons (Fsp3) is 0.312. The summed E-state index contributed by atoms with van der Waals surface area (Å²) in [5.74, 6) is -0.173. The zero-order chi connectivity index (χ0) is 17.9. The number of benzene rings is 1. The minimum absolute atomic E-state index is 0.0999. The van der Waals surface area contributed by atoms with E-state index in [1.54, 1.807) is 36.0 Å². The number of carbonyl (C=O) groups is 1. The molecule has 0 radical (unpaired) electrons. The molecule has 0 saturated carbocycles. The van der Waals surface area contributed by atoms with Crippen molar-refractivity contribution in [2.24, 2.45) is 7.05 Å². The van der Waals surface area contributed by atoms with Gasteiger partial charge >= 0.3 is 0 Å². The first kappa shape index (κ1) is 18.7. The van der Waals surface area contributed by atoms with Crippen molar-refractivity contribution in [3.8, 4) is 0 Å². The van der Waals surface area contributed by atoms with Crippen molar-refractivity contribution >= 4 is 31.9 Å². The first-order valence-corrected chi connectivity index (χ1v) is 9.76. The second kappa shape index (κ2) is 7.50. The van der Waals surface area contributed by atoms with Crippen molar-refractivity contribution in [1.82, 2.24) is 14.8 Å². The molecule has 0 fully saturated rings. The van der Waals surface area contributed by atoms with E-state index < -0.39 is 15.9 Å². The number of hydrazine groups is 1. The Morgan fingerprint density at radius 1 is 1.29 bits per heavy atom. The van der Waals surface area contributed by atoms with Crippen LogP contribution < -0.4 is 10.3 Å². The van der Waals surface area contributed by atoms with Crippen LogP contribution in [0.1, 0.15) is 42.2 Å². The molecule has 1 atom stereocenters. The monoisotopic (exact) mass is 413 g/mol. The fourth-order valence-electron chi connectivity index (χ4n) is 2.20. The summed E-state index contributed by atoms with van der Waals surface area (Å²) in [6, 6.07) is 8.26. The predicted molar refractivity (Wildman–Crippen MR) is 96.0 cm³/mol. The van der Waals surface area contributed by atoms with Crippen molar-refractivity contribution in [3.63, 3.8) is 0 Å². The van der Waals surface area contributed by atoms with Gasteiger partial charge in [0.15, 0.2) is 0 Å². The Kier molecular flexibility index (Phi) is 5.84.